The summed E-state index contributed by atoms with van der Waals surface area (Å²) in [7, 11) is 0. The summed E-state index contributed by atoms with van der Waals surface area (Å²) in [4.78, 5) is 49.6. The Hall–Kier alpha value is -5.02. The van der Waals surface area contributed by atoms with Crippen molar-refractivity contribution in [2.75, 3.05) is 6.61 Å². The van der Waals surface area contributed by atoms with Gasteiger partial charge < -0.3 is 53.6 Å². The van der Waals surface area contributed by atoms with Gasteiger partial charge in [-0.3, -0.25) is 19.2 Å². The normalized spacial score (nSPS) is 21.9. The molecule has 4 rings (SSSR count). The second kappa shape index (κ2) is 11.8. The van der Waals surface area contributed by atoms with Crippen molar-refractivity contribution in [3.63, 3.8) is 0 Å². The number of esters is 3. The summed E-state index contributed by atoms with van der Waals surface area (Å²) in [5.74, 6) is -5.97. The highest BCUT2D eigenvalue weighted by atomic mass is 16.7. The lowest BCUT2D eigenvalue weighted by Crippen LogP contribution is -2.63. The summed E-state index contributed by atoms with van der Waals surface area (Å²) in [6, 6.07) is 5.25. The van der Waals surface area contributed by atoms with Gasteiger partial charge >= 0.3 is 17.9 Å². The molecule has 0 aliphatic carbocycles. The topological polar surface area (TPSA) is 229 Å². The first-order chi connectivity index (χ1) is 19.8. The predicted octanol–water partition coefficient (Wildman–Crippen LogP) is 1.17. The fourth-order valence-electron chi connectivity index (χ4n) is 4.44. The molecular formula is C27H26O15. The minimum absolute atomic E-state index is 0.0324. The van der Waals surface area contributed by atoms with Crippen molar-refractivity contribution >= 4 is 28.9 Å². The largest absolute Gasteiger partial charge is 0.508 e. The summed E-state index contributed by atoms with van der Waals surface area (Å²) >= 11 is 0. The number of aromatic hydroxyl groups is 4. The Bertz CT molecular complexity index is 1590. The van der Waals surface area contributed by atoms with Crippen LogP contribution in [-0.4, -0.2) is 80.8 Å². The van der Waals surface area contributed by atoms with E-state index in [1.165, 1.54) is 6.07 Å². The zero-order valence-electron chi connectivity index (χ0n) is 22.3. The van der Waals surface area contributed by atoms with Gasteiger partial charge in [-0.05, 0) is 18.2 Å². The highest BCUT2D eigenvalue weighted by Crippen LogP contribution is 2.40. The number of hydrogen-bond acceptors (Lipinski definition) is 15. The van der Waals surface area contributed by atoms with Gasteiger partial charge in [0, 0.05) is 38.5 Å². The maximum absolute atomic E-state index is 13.7. The molecule has 0 saturated carbocycles. The molecule has 1 aromatic heterocycles. The summed E-state index contributed by atoms with van der Waals surface area (Å²) in [5.41, 5.74) is -1.35. The number of rotatable bonds is 7. The van der Waals surface area contributed by atoms with Crippen molar-refractivity contribution in [3.05, 3.63) is 40.6 Å². The molecule has 0 amide bonds. The number of benzene rings is 2. The number of hydrogen-bond donors (Lipinski definition) is 5. The van der Waals surface area contributed by atoms with Crippen LogP contribution in [0.1, 0.15) is 20.8 Å². The molecular weight excluding hydrogens is 564 g/mol. The number of fused-ring (bicyclic) bond motifs is 1. The molecule has 0 spiro atoms. The molecule has 224 valence electrons. The second-order valence-corrected chi connectivity index (χ2v) is 9.20. The standard InChI is InChI=1S/C27H26O15/c1-10(29)37-23-19(9-28)41-27(26(39-12(3)31)25(23)38-11(2)30)42-24-21(36)20-17(35)7-14(32)8-18(20)40-22(24)13-4-5-15(33)16(34)6-13/h4-8,19,23,25-28,32-35H,9H2,1-3H3/t19-,23-,25-,26+,27-/m0/s1. The van der Waals surface area contributed by atoms with Crippen LogP contribution in [0.25, 0.3) is 22.3 Å². The number of phenols is 4. The number of ether oxygens (including phenoxy) is 5. The SMILES string of the molecule is CC(=O)O[C@H]1[C@@H](OC(C)=O)[C@H](CO)O[C@@H](Oc2c(-c3ccc(O)c(O)c3)oc3cc(O)cc(O)c3c2=O)[C@@H]1OC(C)=O. The zero-order valence-corrected chi connectivity index (χ0v) is 22.3. The zero-order chi connectivity index (χ0) is 30.9. The van der Waals surface area contributed by atoms with Gasteiger partial charge in [0.15, 0.2) is 29.5 Å². The minimum Gasteiger partial charge on any atom is -0.508 e. The van der Waals surface area contributed by atoms with Crippen LogP contribution >= 0.6 is 0 Å². The predicted molar refractivity (Wildman–Crippen MR) is 138 cm³/mol. The Morgan fingerprint density at radius 1 is 0.810 bits per heavy atom. The van der Waals surface area contributed by atoms with E-state index in [-0.39, 0.29) is 11.1 Å². The molecule has 1 aliphatic rings. The number of phenolic OH excluding ortho intramolecular Hbond substituents is 4. The smallest absolute Gasteiger partial charge is 0.303 e. The maximum Gasteiger partial charge on any atom is 0.303 e. The van der Waals surface area contributed by atoms with Crippen molar-refractivity contribution in [3.8, 4) is 40.1 Å². The third-order valence-corrected chi connectivity index (χ3v) is 6.07. The van der Waals surface area contributed by atoms with Gasteiger partial charge in [-0.15, -0.1) is 0 Å². The van der Waals surface area contributed by atoms with Gasteiger partial charge in [-0.1, -0.05) is 0 Å². The molecule has 0 bridgehead atoms. The lowest BCUT2D eigenvalue weighted by molar-refractivity contribution is -0.288. The van der Waals surface area contributed by atoms with Crippen LogP contribution in [0, 0.1) is 0 Å². The number of carbonyl (C=O) groups excluding carboxylic acids is 3. The number of aliphatic hydroxyl groups excluding tert-OH is 1. The molecule has 2 aromatic carbocycles. The molecule has 1 saturated heterocycles. The van der Waals surface area contributed by atoms with Crippen molar-refractivity contribution in [2.24, 2.45) is 0 Å². The molecule has 5 atom stereocenters. The van der Waals surface area contributed by atoms with Crippen LogP contribution < -0.4 is 10.2 Å². The van der Waals surface area contributed by atoms with Gasteiger partial charge in [-0.2, -0.15) is 0 Å². The first kappa shape index (κ1) is 30.0. The van der Waals surface area contributed by atoms with E-state index in [1.807, 2.05) is 0 Å². The van der Waals surface area contributed by atoms with Crippen molar-refractivity contribution in [1.29, 1.82) is 0 Å². The first-order valence-electron chi connectivity index (χ1n) is 12.3. The summed E-state index contributed by atoms with van der Waals surface area (Å²) < 4.78 is 33.2. The van der Waals surface area contributed by atoms with E-state index in [1.54, 1.807) is 0 Å². The van der Waals surface area contributed by atoms with Gasteiger partial charge in [0.1, 0.15) is 28.6 Å². The number of aliphatic hydroxyl groups is 1. The van der Waals surface area contributed by atoms with E-state index >= 15 is 0 Å². The fraction of sp³-hybridized carbons (Fsp3) is 0.333. The first-order valence-corrected chi connectivity index (χ1v) is 12.3. The van der Waals surface area contributed by atoms with Crippen LogP contribution in [0.15, 0.2) is 39.5 Å². The van der Waals surface area contributed by atoms with E-state index in [9.17, 15) is 44.7 Å². The van der Waals surface area contributed by atoms with Gasteiger partial charge in [0.25, 0.3) is 0 Å². The minimum atomic E-state index is -1.83. The Morgan fingerprint density at radius 2 is 1.43 bits per heavy atom. The average Bonchev–Trinajstić information content (AvgIpc) is 2.88. The molecule has 15 heteroatoms. The van der Waals surface area contributed by atoms with Crippen LogP contribution in [-0.2, 0) is 33.3 Å². The molecule has 5 N–H and O–H groups in total. The van der Waals surface area contributed by atoms with Gasteiger partial charge in [0.05, 0.1) is 6.61 Å². The van der Waals surface area contributed by atoms with E-state index in [4.69, 9.17) is 28.1 Å². The molecule has 42 heavy (non-hydrogen) atoms. The van der Waals surface area contributed by atoms with Crippen molar-refractivity contribution < 1.29 is 68.0 Å². The third-order valence-electron chi connectivity index (χ3n) is 6.07. The third kappa shape index (κ3) is 6.01. The van der Waals surface area contributed by atoms with Crippen LogP contribution in [0.3, 0.4) is 0 Å². The summed E-state index contributed by atoms with van der Waals surface area (Å²) in [5, 5.41) is 49.8. The van der Waals surface area contributed by atoms with Gasteiger partial charge in [-0.25, -0.2) is 0 Å². The number of carbonyl (C=O) groups is 3. The fourth-order valence-corrected chi connectivity index (χ4v) is 4.44. The Kier molecular flexibility index (Phi) is 8.44. The molecule has 3 aromatic rings. The molecule has 1 aliphatic heterocycles. The lowest BCUT2D eigenvalue weighted by atomic mass is 9.98. The molecule has 2 heterocycles. The highest BCUT2D eigenvalue weighted by molar-refractivity contribution is 5.88. The van der Waals surface area contributed by atoms with E-state index in [0.29, 0.717) is 0 Å². The van der Waals surface area contributed by atoms with E-state index < -0.39 is 101 Å². The van der Waals surface area contributed by atoms with E-state index in [0.717, 1.165) is 45.0 Å². The van der Waals surface area contributed by atoms with Crippen molar-refractivity contribution in [1.82, 2.24) is 0 Å². The second-order valence-electron chi connectivity index (χ2n) is 9.20. The summed E-state index contributed by atoms with van der Waals surface area (Å²) in [6.07, 6.45) is -8.01. The molecule has 0 unspecified atom stereocenters. The Balaban J connectivity index is 1.93. The summed E-state index contributed by atoms with van der Waals surface area (Å²) in [6.45, 7) is 2.28. The van der Waals surface area contributed by atoms with Crippen LogP contribution in [0.5, 0.6) is 28.7 Å². The Morgan fingerprint density at radius 3 is 2.02 bits per heavy atom. The average molecular weight is 590 g/mol. The monoisotopic (exact) mass is 590 g/mol. The van der Waals surface area contributed by atoms with Crippen LogP contribution in [0.2, 0.25) is 0 Å². The van der Waals surface area contributed by atoms with Crippen LogP contribution in [0.4, 0.5) is 0 Å². The molecule has 15 nitrogen and oxygen atoms in total. The maximum atomic E-state index is 13.7. The molecule has 0 radical (unpaired) electrons. The molecule has 1 fully saturated rings. The van der Waals surface area contributed by atoms with Gasteiger partial charge in [0.2, 0.25) is 23.6 Å². The van der Waals surface area contributed by atoms with Crippen molar-refractivity contribution in [2.45, 2.75) is 51.5 Å². The highest BCUT2D eigenvalue weighted by Gasteiger charge is 2.53. The quantitative estimate of drug-likeness (QED) is 0.148. The van der Waals surface area contributed by atoms with E-state index in [2.05, 4.69) is 0 Å². The lowest BCUT2D eigenvalue weighted by Gasteiger charge is -2.43. The Labute approximate surface area is 236 Å².